The molecule has 5 N–H and O–H groups in total. The first kappa shape index (κ1) is 21.6. The van der Waals surface area contributed by atoms with Crippen LogP contribution in [0.5, 0.6) is 0 Å². The Bertz CT molecular complexity index is 528. The molecule has 10 heteroatoms. The summed E-state index contributed by atoms with van der Waals surface area (Å²) in [5, 5.41) is 36.1. The lowest BCUT2D eigenvalue weighted by Crippen LogP contribution is -2.65. The molecule has 0 aliphatic carbocycles. The van der Waals surface area contributed by atoms with Crippen molar-refractivity contribution in [2.45, 2.75) is 73.2 Å². The third kappa shape index (κ3) is 4.40. The van der Waals surface area contributed by atoms with Crippen LogP contribution in [0.1, 0.15) is 19.8 Å². The smallest absolute Gasteiger partial charge is 0.240 e. The second-order valence-corrected chi connectivity index (χ2v) is 9.14. The van der Waals surface area contributed by atoms with E-state index in [1.165, 1.54) is 11.8 Å². The van der Waals surface area contributed by atoms with Crippen LogP contribution in [0.25, 0.3) is 0 Å². The molecular formula is C17H29ClN2O6S. The van der Waals surface area contributed by atoms with Gasteiger partial charge in [-0.3, -0.25) is 4.79 Å². The number of alkyl halides is 1. The molecule has 0 saturated carbocycles. The average Bonchev–Trinajstić information content (AvgIpc) is 3.09. The number of fused-ring (bicyclic) bond motifs is 1. The minimum absolute atomic E-state index is 0.173. The molecule has 3 saturated heterocycles. The molecule has 0 aromatic rings. The third-order valence-corrected chi connectivity index (χ3v) is 6.83. The number of carbonyl (C=O) groups excluding carboxylic acids is 1. The highest BCUT2D eigenvalue weighted by molar-refractivity contribution is 7.99. The standard InChI is InChI=1S/C17H29ClN2O6S/c1-7(18)9(15-12(22)11(21)13(23)17(26-15)27-2)20-16(24)10-14-8(6-19-10)4-3-5-25-14/h7-15,17,19,21-23H,3-6H2,1-2H3,(H,20,24)/t7-,8-,9+,10-,11+,12?,13+,14+,15+,17?/m0/s1. The summed E-state index contributed by atoms with van der Waals surface area (Å²) in [6.07, 6.45) is -1.33. The summed E-state index contributed by atoms with van der Waals surface area (Å²) in [5.74, 6) is 0.0507. The lowest BCUT2D eigenvalue weighted by Gasteiger charge is -2.44. The Morgan fingerprint density at radius 2 is 2.04 bits per heavy atom. The van der Waals surface area contributed by atoms with E-state index >= 15 is 0 Å². The van der Waals surface area contributed by atoms with Crippen molar-refractivity contribution in [3.05, 3.63) is 0 Å². The summed E-state index contributed by atoms with van der Waals surface area (Å²) >= 11 is 7.52. The van der Waals surface area contributed by atoms with Gasteiger partial charge in [-0.1, -0.05) is 0 Å². The van der Waals surface area contributed by atoms with Gasteiger partial charge in [0.1, 0.15) is 35.9 Å². The van der Waals surface area contributed by atoms with Crippen molar-refractivity contribution in [2.75, 3.05) is 19.4 Å². The van der Waals surface area contributed by atoms with Crippen LogP contribution in [0.3, 0.4) is 0 Å². The summed E-state index contributed by atoms with van der Waals surface area (Å²) in [4.78, 5) is 12.9. The number of aliphatic hydroxyl groups excluding tert-OH is 3. The molecule has 0 bridgehead atoms. The van der Waals surface area contributed by atoms with Crippen molar-refractivity contribution in [3.63, 3.8) is 0 Å². The van der Waals surface area contributed by atoms with Crippen molar-refractivity contribution in [1.82, 2.24) is 10.6 Å². The predicted molar refractivity (Wildman–Crippen MR) is 102 cm³/mol. The number of rotatable bonds is 5. The molecule has 10 atom stereocenters. The largest absolute Gasteiger partial charge is 0.388 e. The van der Waals surface area contributed by atoms with E-state index < -0.39 is 47.3 Å². The number of carbonyl (C=O) groups is 1. The predicted octanol–water partition coefficient (Wildman–Crippen LogP) is -0.964. The molecule has 8 nitrogen and oxygen atoms in total. The molecule has 3 aliphatic rings. The highest BCUT2D eigenvalue weighted by atomic mass is 35.5. The van der Waals surface area contributed by atoms with Crippen LogP contribution in [0, 0.1) is 5.92 Å². The fourth-order valence-electron chi connectivity index (χ4n) is 4.17. The van der Waals surface area contributed by atoms with Crippen molar-refractivity contribution >= 4 is 29.3 Å². The summed E-state index contributed by atoms with van der Waals surface area (Å²) < 4.78 is 11.6. The molecule has 0 aromatic carbocycles. The van der Waals surface area contributed by atoms with E-state index in [0.29, 0.717) is 12.5 Å². The lowest BCUT2D eigenvalue weighted by molar-refractivity contribution is -0.205. The van der Waals surface area contributed by atoms with Gasteiger partial charge < -0.3 is 35.4 Å². The molecule has 0 spiro atoms. The molecule has 1 amide bonds. The van der Waals surface area contributed by atoms with Gasteiger partial charge in [-0.2, -0.15) is 0 Å². The van der Waals surface area contributed by atoms with Crippen LogP contribution in [0.15, 0.2) is 0 Å². The van der Waals surface area contributed by atoms with Crippen LogP contribution in [0.2, 0.25) is 0 Å². The van der Waals surface area contributed by atoms with Crippen LogP contribution < -0.4 is 10.6 Å². The Morgan fingerprint density at radius 3 is 2.70 bits per heavy atom. The molecule has 3 heterocycles. The normalized spacial score (nSPS) is 44.4. The van der Waals surface area contributed by atoms with Gasteiger partial charge in [0.2, 0.25) is 5.91 Å². The molecular weight excluding hydrogens is 396 g/mol. The van der Waals surface area contributed by atoms with Crippen molar-refractivity contribution in [2.24, 2.45) is 5.92 Å². The molecule has 0 aromatic heterocycles. The monoisotopic (exact) mass is 424 g/mol. The van der Waals surface area contributed by atoms with E-state index in [9.17, 15) is 20.1 Å². The number of nitrogens with one attached hydrogen (secondary N) is 2. The number of aliphatic hydroxyl groups is 3. The molecule has 3 fully saturated rings. The maximum Gasteiger partial charge on any atom is 0.240 e. The third-order valence-electron chi connectivity index (χ3n) is 5.70. The second kappa shape index (κ2) is 9.13. The van der Waals surface area contributed by atoms with Gasteiger partial charge in [0, 0.05) is 13.2 Å². The summed E-state index contributed by atoms with van der Waals surface area (Å²) in [6.45, 7) is 3.06. The van der Waals surface area contributed by atoms with E-state index in [4.69, 9.17) is 21.1 Å². The number of ether oxygens (including phenoxy) is 2. The molecule has 27 heavy (non-hydrogen) atoms. The number of hydrogen-bond donors (Lipinski definition) is 5. The molecule has 2 unspecified atom stereocenters. The van der Waals surface area contributed by atoms with Gasteiger partial charge in [-0.25, -0.2) is 0 Å². The van der Waals surface area contributed by atoms with Gasteiger partial charge in [0.25, 0.3) is 0 Å². The quantitative estimate of drug-likeness (QED) is 0.358. The van der Waals surface area contributed by atoms with Gasteiger partial charge >= 0.3 is 0 Å². The second-order valence-electron chi connectivity index (χ2n) is 7.51. The Kier molecular flexibility index (Phi) is 7.29. The first-order valence-electron chi connectivity index (χ1n) is 9.37. The van der Waals surface area contributed by atoms with Crippen LogP contribution in [-0.4, -0.2) is 94.1 Å². The Hall–Kier alpha value is -0.130. The molecule has 3 aliphatic heterocycles. The highest BCUT2D eigenvalue weighted by Crippen LogP contribution is 2.31. The summed E-state index contributed by atoms with van der Waals surface area (Å²) in [6, 6.07) is -1.23. The zero-order valence-corrected chi connectivity index (χ0v) is 17.0. The Morgan fingerprint density at radius 1 is 1.30 bits per heavy atom. The fourth-order valence-corrected chi connectivity index (χ4v) is 5.05. The zero-order chi connectivity index (χ0) is 19.7. The van der Waals surface area contributed by atoms with Gasteiger partial charge in [-0.15, -0.1) is 23.4 Å². The molecule has 156 valence electrons. The maximum absolute atomic E-state index is 12.9. The molecule has 3 rings (SSSR count). The van der Waals surface area contributed by atoms with E-state index in [-0.39, 0.29) is 12.0 Å². The summed E-state index contributed by atoms with van der Waals surface area (Å²) in [7, 11) is 0. The van der Waals surface area contributed by atoms with E-state index in [1.54, 1.807) is 13.2 Å². The maximum atomic E-state index is 12.9. The number of amides is 1. The number of hydrogen-bond acceptors (Lipinski definition) is 8. The topological polar surface area (TPSA) is 120 Å². The number of halogens is 1. The van der Waals surface area contributed by atoms with Gasteiger partial charge in [-0.05, 0) is 31.9 Å². The van der Waals surface area contributed by atoms with Crippen LogP contribution in [-0.2, 0) is 14.3 Å². The van der Waals surface area contributed by atoms with Crippen LogP contribution >= 0.6 is 23.4 Å². The SMILES string of the molecule is CSC1O[C@H]([C@H](NC(=O)[C@H]2NC[C@@H]3CCCO[C@H]32)[C@H](C)Cl)C(O)[C@@H](O)[C@H]1O. The van der Waals surface area contributed by atoms with Gasteiger partial charge in [0.15, 0.2) is 0 Å². The van der Waals surface area contributed by atoms with Gasteiger partial charge in [0.05, 0.1) is 17.5 Å². The molecule has 0 radical (unpaired) electrons. The Labute approximate surface area is 168 Å². The fraction of sp³-hybridized carbons (Fsp3) is 0.941. The first-order chi connectivity index (χ1) is 12.8. The van der Waals surface area contributed by atoms with Crippen LogP contribution in [0.4, 0.5) is 0 Å². The van der Waals surface area contributed by atoms with Crippen molar-refractivity contribution in [3.8, 4) is 0 Å². The highest BCUT2D eigenvalue weighted by Gasteiger charge is 2.49. The first-order valence-corrected chi connectivity index (χ1v) is 11.1. The minimum Gasteiger partial charge on any atom is -0.388 e. The minimum atomic E-state index is -1.38. The Balaban J connectivity index is 1.71. The van der Waals surface area contributed by atoms with E-state index in [2.05, 4.69) is 10.6 Å². The van der Waals surface area contributed by atoms with Crippen molar-refractivity contribution < 1.29 is 29.6 Å². The van der Waals surface area contributed by atoms with E-state index in [1.807, 2.05) is 0 Å². The lowest BCUT2D eigenvalue weighted by atomic mass is 9.91. The average molecular weight is 425 g/mol. The number of thioether (sulfide) groups is 1. The van der Waals surface area contributed by atoms with Crippen molar-refractivity contribution in [1.29, 1.82) is 0 Å². The van der Waals surface area contributed by atoms with E-state index in [0.717, 1.165) is 19.4 Å². The zero-order valence-electron chi connectivity index (χ0n) is 15.5. The summed E-state index contributed by atoms with van der Waals surface area (Å²) in [5.41, 5.74) is -0.723.